The number of aliphatic hydroxyl groups is 1. The van der Waals surface area contributed by atoms with E-state index in [9.17, 15) is 18.7 Å². The molecule has 0 spiro atoms. The molecule has 1 fully saturated rings. The second-order valence-electron chi connectivity index (χ2n) is 10.3. The van der Waals surface area contributed by atoms with Crippen molar-refractivity contribution in [1.82, 2.24) is 24.6 Å². The molecule has 4 heterocycles. The molecule has 0 aliphatic carbocycles. The van der Waals surface area contributed by atoms with Gasteiger partial charge in [0.1, 0.15) is 5.65 Å². The SMILES string of the molecule is Cc1nc(-c2ccc(-n3c(CCC(C)(C)O)cc4cc(C(=O)N5CCC(F)(F)CC5)cnc43)cc2)no1. The van der Waals surface area contributed by atoms with E-state index in [0.29, 0.717) is 35.8 Å². The van der Waals surface area contributed by atoms with Gasteiger partial charge in [-0.05, 0) is 63.1 Å². The van der Waals surface area contributed by atoms with E-state index in [-0.39, 0.29) is 31.8 Å². The number of aryl methyl sites for hydroxylation is 2. The van der Waals surface area contributed by atoms with Crippen molar-refractivity contribution in [3.8, 4) is 17.1 Å². The Hall–Kier alpha value is -3.66. The molecule has 3 aromatic heterocycles. The van der Waals surface area contributed by atoms with Crippen LogP contribution in [0.4, 0.5) is 8.78 Å². The first kappa shape index (κ1) is 25.0. The number of piperidine rings is 1. The van der Waals surface area contributed by atoms with Crippen molar-refractivity contribution in [2.24, 2.45) is 0 Å². The molecule has 0 bridgehead atoms. The van der Waals surface area contributed by atoms with Crippen molar-refractivity contribution in [3.05, 3.63) is 59.7 Å². The number of carbonyl (C=O) groups excluding carboxylic acids is 1. The molecular formula is C27H29F2N5O3. The van der Waals surface area contributed by atoms with Gasteiger partial charge in [0.2, 0.25) is 11.7 Å². The predicted octanol–water partition coefficient (Wildman–Crippen LogP) is 4.96. The number of amides is 1. The van der Waals surface area contributed by atoms with Crippen molar-refractivity contribution in [2.75, 3.05) is 13.1 Å². The fourth-order valence-corrected chi connectivity index (χ4v) is 4.57. The van der Waals surface area contributed by atoms with Gasteiger partial charge in [-0.25, -0.2) is 13.8 Å². The van der Waals surface area contributed by atoms with Crippen molar-refractivity contribution in [2.45, 2.75) is 58.0 Å². The summed E-state index contributed by atoms with van der Waals surface area (Å²) in [7, 11) is 0. The Bertz CT molecular complexity index is 1430. The molecular weight excluding hydrogens is 480 g/mol. The number of aromatic nitrogens is 4. The average Bonchev–Trinajstić information content (AvgIpc) is 3.45. The Morgan fingerprint density at radius 1 is 1.16 bits per heavy atom. The van der Waals surface area contributed by atoms with E-state index in [1.807, 2.05) is 34.9 Å². The van der Waals surface area contributed by atoms with Crippen LogP contribution in [-0.4, -0.2) is 60.2 Å². The minimum atomic E-state index is -2.72. The molecule has 0 saturated carbocycles. The molecule has 1 saturated heterocycles. The monoisotopic (exact) mass is 509 g/mol. The zero-order chi connectivity index (χ0) is 26.4. The van der Waals surface area contributed by atoms with Gasteiger partial charge >= 0.3 is 0 Å². The molecule has 8 nitrogen and oxygen atoms in total. The van der Waals surface area contributed by atoms with Crippen LogP contribution in [0.5, 0.6) is 0 Å². The Labute approximate surface area is 212 Å². The third-order valence-corrected chi connectivity index (χ3v) is 6.65. The van der Waals surface area contributed by atoms with Crippen LogP contribution in [0.3, 0.4) is 0 Å². The highest BCUT2D eigenvalue weighted by Gasteiger charge is 2.36. The third kappa shape index (κ3) is 5.39. The minimum absolute atomic E-state index is 0.0218. The van der Waals surface area contributed by atoms with E-state index < -0.39 is 11.5 Å². The molecule has 1 aliphatic heterocycles. The van der Waals surface area contributed by atoms with Gasteiger partial charge in [-0.3, -0.25) is 9.36 Å². The summed E-state index contributed by atoms with van der Waals surface area (Å²) < 4.78 is 34.2. The first-order valence-corrected chi connectivity index (χ1v) is 12.3. The third-order valence-electron chi connectivity index (χ3n) is 6.65. The number of benzene rings is 1. The smallest absolute Gasteiger partial charge is 0.255 e. The molecule has 1 N–H and O–H groups in total. The van der Waals surface area contributed by atoms with Crippen molar-refractivity contribution >= 4 is 16.9 Å². The van der Waals surface area contributed by atoms with Crippen LogP contribution in [0.2, 0.25) is 0 Å². The number of fused-ring (bicyclic) bond motifs is 1. The molecule has 37 heavy (non-hydrogen) atoms. The maximum Gasteiger partial charge on any atom is 0.255 e. The first-order chi connectivity index (χ1) is 17.5. The Balaban J connectivity index is 1.49. The second kappa shape index (κ2) is 9.33. The van der Waals surface area contributed by atoms with E-state index in [1.165, 1.54) is 11.1 Å². The average molecular weight is 510 g/mol. The van der Waals surface area contributed by atoms with E-state index in [4.69, 9.17) is 4.52 Å². The standard InChI is InChI=1S/C27H29F2N5O3/c1-17-31-23(32-37-17)18-4-6-21(7-5-18)34-22(8-9-26(2,3)36)15-19-14-20(16-30-24(19)34)25(35)33-12-10-27(28,29)11-13-33/h4-7,14-16,36H,8-13H2,1-3H3. The van der Waals surface area contributed by atoms with Crippen LogP contribution in [0.15, 0.2) is 47.1 Å². The van der Waals surface area contributed by atoms with Gasteiger partial charge in [-0.2, -0.15) is 4.98 Å². The fraction of sp³-hybridized carbons (Fsp3) is 0.407. The largest absolute Gasteiger partial charge is 0.390 e. The van der Waals surface area contributed by atoms with Gasteiger partial charge in [0.05, 0.1) is 11.2 Å². The second-order valence-corrected chi connectivity index (χ2v) is 10.3. The number of hydrogen-bond donors (Lipinski definition) is 1. The van der Waals surface area contributed by atoms with Crippen molar-refractivity contribution in [3.63, 3.8) is 0 Å². The van der Waals surface area contributed by atoms with Crippen LogP contribution >= 0.6 is 0 Å². The molecule has 4 aromatic rings. The van der Waals surface area contributed by atoms with Gasteiger partial charge in [-0.15, -0.1) is 0 Å². The lowest BCUT2D eigenvalue weighted by molar-refractivity contribution is -0.0494. The normalized spacial score (nSPS) is 15.9. The fourth-order valence-electron chi connectivity index (χ4n) is 4.57. The lowest BCUT2D eigenvalue weighted by Crippen LogP contribution is -2.42. The molecule has 5 rings (SSSR count). The lowest BCUT2D eigenvalue weighted by Gasteiger charge is -2.31. The molecule has 1 amide bonds. The maximum absolute atomic E-state index is 13.6. The number of hydrogen-bond acceptors (Lipinski definition) is 6. The summed E-state index contributed by atoms with van der Waals surface area (Å²) in [6, 6.07) is 11.4. The summed E-state index contributed by atoms with van der Waals surface area (Å²) >= 11 is 0. The number of alkyl halides is 2. The van der Waals surface area contributed by atoms with Crippen molar-refractivity contribution in [1.29, 1.82) is 0 Å². The van der Waals surface area contributed by atoms with Crippen LogP contribution in [0, 0.1) is 6.92 Å². The summed E-state index contributed by atoms with van der Waals surface area (Å²) in [4.78, 5) is 23.4. The first-order valence-electron chi connectivity index (χ1n) is 12.3. The Morgan fingerprint density at radius 2 is 1.86 bits per heavy atom. The molecule has 0 atom stereocenters. The van der Waals surface area contributed by atoms with E-state index >= 15 is 0 Å². The molecule has 1 aliphatic rings. The number of nitrogens with zero attached hydrogens (tertiary/aromatic N) is 5. The number of halogens is 2. The topological polar surface area (TPSA) is 97.3 Å². The van der Waals surface area contributed by atoms with Crippen LogP contribution < -0.4 is 0 Å². The van der Waals surface area contributed by atoms with Crippen LogP contribution in [0.25, 0.3) is 28.1 Å². The Morgan fingerprint density at radius 3 is 2.49 bits per heavy atom. The van der Waals surface area contributed by atoms with Gasteiger partial charge in [0.15, 0.2) is 0 Å². The number of pyridine rings is 1. The van der Waals surface area contributed by atoms with Gasteiger partial charge in [0.25, 0.3) is 11.8 Å². The highest BCUT2D eigenvalue weighted by Crippen LogP contribution is 2.30. The quantitative estimate of drug-likeness (QED) is 0.395. The van der Waals surface area contributed by atoms with Crippen LogP contribution in [0.1, 0.15) is 55.1 Å². The molecule has 0 radical (unpaired) electrons. The Kier molecular flexibility index (Phi) is 6.31. The van der Waals surface area contributed by atoms with Crippen molar-refractivity contribution < 1.29 is 23.2 Å². The number of rotatable bonds is 6. The van der Waals surface area contributed by atoms with E-state index in [2.05, 4.69) is 15.1 Å². The number of carbonyl (C=O) groups is 1. The predicted molar refractivity (Wildman–Crippen MR) is 134 cm³/mol. The summed E-state index contributed by atoms with van der Waals surface area (Å²) in [5, 5.41) is 15.1. The molecule has 1 aromatic carbocycles. The number of likely N-dealkylation sites (tertiary alicyclic amines) is 1. The summed E-state index contributed by atoms with van der Waals surface area (Å²) in [5.41, 5.74) is 2.77. The maximum atomic E-state index is 13.6. The lowest BCUT2D eigenvalue weighted by atomic mass is 10.0. The van der Waals surface area contributed by atoms with E-state index in [1.54, 1.807) is 26.8 Å². The summed E-state index contributed by atoms with van der Waals surface area (Å²) in [5.74, 6) is -2.03. The zero-order valence-corrected chi connectivity index (χ0v) is 21.0. The highest BCUT2D eigenvalue weighted by molar-refractivity contribution is 5.97. The highest BCUT2D eigenvalue weighted by atomic mass is 19.3. The van der Waals surface area contributed by atoms with Gasteiger partial charge < -0.3 is 14.5 Å². The minimum Gasteiger partial charge on any atom is -0.390 e. The molecule has 10 heteroatoms. The molecule has 194 valence electrons. The molecule has 0 unspecified atom stereocenters. The van der Waals surface area contributed by atoms with E-state index in [0.717, 1.165) is 22.3 Å². The zero-order valence-electron chi connectivity index (χ0n) is 21.0. The summed E-state index contributed by atoms with van der Waals surface area (Å²) in [6.45, 7) is 5.30. The van der Waals surface area contributed by atoms with Gasteiger partial charge in [0, 0.05) is 61.4 Å². The van der Waals surface area contributed by atoms with Gasteiger partial charge in [-0.1, -0.05) is 5.16 Å². The summed E-state index contributed by atoms with van der Waals surface area (Å²) in [6.07, 6.45) is 1.95. The van der Waals surface area contributed by atoms with Crippen LogP contribution in [-0.2, 0) is 6.42 Å².